The minimum Gasteiger partial charge on any atom is -0.203 e. The summed E-state index contributed by atoms with van der Waals surface area (Å²) in [5, 5.41) is 0. The van der Waals surface area contributed by atoms with E-state index in [4.69, 9.17) is 15.7 Å². The Bertz CT molecular complexity index is 988. The van der Waals surface area contributed by atoms with Gasteiger partial charge in [0.25, 0.3) is 0 Å². The molecule has 1 aromatic carbocycles. The third-order valence-corrected chi connectivity index (χ3v) is 5.30. The van der Waals surface area contributed by atoms with Gasteiger partial charge in [0.15, 0.2) is 11.6 Å². The minimum atomic E-state index is -0.913. The van der Waals surface area contributed by atoms with Gasteiger partial charge in [0.05, 0.1) is 0 Å². The van der Waals surface area contributed by atoms with E-state index < -0.39 is 11.6 Å². The topological polar surface area (TPSA) is 0 Å². The molecule has 4 radical (unpaired) electrons. The molecular weight excluding hydrogens is 368 g/mol. The normalized spacial score (nSPS) is 13.4. The van der Waals surface area contributed by atoms with Crippen molar-refractivity contribution in [3.8, 4) is 10.4 Å². The number of hydrogen-bond acceptors (Lipinski definition) is 1. The Kier molecular flexibility index (Phi) is 7.59. The smallest absolute Gasteiger partial charge is 0.168 e. The van der Waals surface area contributed by atoms with Gasteiger partial charge in [0, 0.05) is 16.0 Å². The van der Waals surface area contributed by atoms with Crippen LogP contribution < -0.4 is 10.2 Å². The van der Waals surface area contributed by atoms with Gasteiger partial charge in [-0.3, -0.25) is 0 Å². The Balaban J connectivity index is 2.42. The van der Waals surface area contributed by atoms with Gasteiger partial charge in [-0.15, -0.1) is 0 Å². The fourth-order valence-corrected chi connectivity index (χ4v) is 3.47. The van der Waals surface area contributed by atoms with E-state index in [-0.39, 0.29) is 11.1 Å². The summed E-state index contributed by atoms with van der Waals surface area (Å²) in [6, 6.07) is 4.67. The van der Waals surface area contributed by atoms with Gasteiger partial charge in [-0.25, -0.2) is 8.78 Å². The zero-order valence-electron chi connectivity index (χ0n) is 16.2. The molecule has 5 heteroatoms. The van der Waals surface area contributed by atoms with E-state index in [1.807, 2.05) is 38.2 Å². The lowest BCUT2D eigenvalue weighted by molar-refractivity contribution is 0.509. The largest absolute Gasteiger partial charge is 0.203 e. The highest BCUT2D eigenvalue weighted by atomic mass is 32.1. The molecule has 1 heterocycles. The van der Waals surface area contributed by atoms with Crippen molar-refractivity contribution in [3.05, 3.63) is 89.6 Å². The van der Waals surface area contributed by atoms with E-state index in [2.05, 4.69) is 6.58 Å². The second-order valence-electron chi connectivity index (χ2n) is 6.27. The first-order valence-electron chi connectivity index (χ1n) is 8.74. The number of hydrogen-bond donors (Lipinski definition) is 0. The van der Waals surface area contributed by atoms with E-state index in [0.29, 0.717) is 20.7 Å². The lowest BCUT2D eigenvalue weighted by Gasteiger charge is -2.08. The maximum atomic E-state index is 14.7. The molecule has 0 amide bonds. The van der Waals surface area contributed by atoms with Crippen molar-refractivity contribution < 1.29 is 8.78 Å². The van der Waals surface area contributed by atoms with Crippen LogP contribution in [0, 0.1) is 11.6 Å². The fourth-order valence-electron chi connectivity index (χ4n) is 2.60. The Morgan fingerprint density at radius 1 is 1.07 bits per heavy atom. The molecule has 0 nitrogen and oxygen atoms in total. The van der Waals surface area contributed by atoms with Gasteiger partial charge in [-0.05, 0) is 43.6 Å². The van der Waals surface area contributed by atoms with E-state index in [0.717, 1.165) is 22.5 Å². The molecule has 28 heavy (non-hydrogen) atoms. The second-order valence-corrected chi connectivity index (χ2v) is 7.35. The van der Waals surface area contributed by atoms with Gasteiger partial charge in [-0.1, -0.05) is 65.4 Å². The van der Waals surface area contributed by atoms with Gasteiger partial charge >= 0.3 is 0 Å². The van der Waals surface area contributed by atoms with Gasteiger partial charge in [0.2, 0.25) is 0 Å². The summed E-state index contributed by atoms with van der Waals surface area (Å²) < 4.78 is 29.7. The first kappa shape index (κ1) is 21.9. The van der Waals surface area contributed by atoms with E-state index >= 15 is 0 Å². The van der Waals surface area contributed by atoms with Crippen LogP contribution in [0.15, 0.2) is 72.4 Å². The zero-order valence-corrected chi connectivity index (χ0v) is 17.0. The van der Waals surface area contributed by atoms with Crippen molar-refractivity contribution in [2.45, 2.75) is 20.8 Å². The molecule has 0 N–H and O–H groups in total. The number of rotatable bonds is 6. The van der Waals surface area contributed by atoms with Crippen molar-refractivity contribution in [3.63, 3.8) is 0 Å². The molecule has 2 aromatic rings. The molecule has 0 aliphatic carbocycles. The standard InChI is InChI=1S/C23H20B2F2S/c1-5-7-8-14(3)16(6-2)10-9-15(4)17-11-12-18(22(27)21(17)26)20-13-19(24)23(25)28-20/h5-13H,2H2,1,3-4H3/b7-5-,14-8+,15-9+,16-10+. The molecule has 2 rings (SSSR count). The van der Waals surface area contributed by atoms with Crippen molar-refractivity contribution in [2.75, 3.05) is 0 Å². The third-order valence-electron chi connectivity index (χ3n) is 4.29. The highest BCUT2D eigenvalue weighted by Crippen LogP contribution is 2.31. The molecule has 0 fully saturated rings. The molecule has 0 spiro atoms. The quantitative estimate of drug-likeness (QED) is 0.464. The molecule has 0 aliphatic heterocycles. The Labute approximate surface area is 172 Å². The third kappa shape index (κ3) is 4.90. The van der Waals surface area contributed by atoms with Gasteiger partial charge in [0.1, 0.15) is 15.7 Å². The lowest BCUT2D eigenvalue weighted by atomic mass is 9.88. The molecule has 0 bridgehead atoms. The average Bonchev–Trinajstić information content (AvgIpc) is 3.00. The van der Waals surface area contributed by atoms with Crippen LogP contribution in [-0.4, -0.2) is 15.7 Å². The number of halogens is 2. The first-order chi connectivity index (χ1) is 13.3. The minimum absolute atomic E-state index is 0.148. The maximum absolute atomic E-state index is 14.7. The van der Waals surface area contributed by atoms with E-state index in [1.165, 1.54) is 0 Å². The molecule has 0 saturated heterocycles. The van der Waals surface area contributed by atoms with Crippen LogP contribution >= 0.6 is 11.3 Å². The summed E-state index contributed by atoms with van der Waals surface area (Å²) >= 11 is 1.13. The predicted octanol–water partition coefficient (Wildman–Crippen LogP) is 5.32. The molecule has 138 valence electrons. The summed E-state index contributed by atoms with van der Waals surface area (Å²) in [7, 11) is 11.4. The molecule has 0 aliphatic rings. The van der Waals surface area contributed by atoms with Crippen LogP contribution in [0.1, 0.15) is 26.3 Å². The maximum Gasteiger partial charge on any atom is 0.168 e. The Morgan fingerprint density at radius 2 is 1.79 bits per heavy atom. The first-order valence-corrected chi connectivity index (χ1v) is 9.56. The van der Waals surface area contributed by atoms with Gasteiger partial charge in [-0.2, -0.15) is 11.3 Å². The molecule has 1 aromatic heterocycles. The van der Waals surface area contributed by atoms with Crippen LogP contribution in [0.4, 0.5) is 8.78 Å². The highest BCUT2D eigenvalue weighted by molar-refractivity contribution is 7.24. The van der Waals surface area contributed by atoms with Crippen LogP contribution in [0.3, 0.4) is 0 Å². The molecule has 0 saturated carbocycles. The van der Waals surface area contributed by atoms with Crippen molar-refractivity contribution in [1.82, 2.24) is 0 Å². The summed E-state index contributed by atoms with van der Waals surface area (Å²) in [6.07, 6.45) is 11.1. The Hall–Kier alpha value is -2.39. The van der Waals surface area contributed by atoms with Crippen LogP contribution in [-0.2, 0) is 0 Å². The predicted molar refractivity (Wildman–Crippen MR) is 121 cm³/mol. The molecule has 0 atom stereocenters. The van der Waals surface area contributed by atoms with E-state index in [9.17, 15) is 8.78 Å². The monoisotopic (exact) mass is 388 g/mol. The second kappa shape index (κ2) is 9.70. The average molecular weight is 388 g/mol. The number of thiophene rings is 1. The van der Waals surface area contributed by atoms with E-state index in [1.54, 1.807) is 37.3 Å². The Morgan fingerprint density at radius 3 is 2.36 bits per heavy atom. The summed E-state index contributed by atoms with van der Waals surface area (Å²) in [4.78, 5) is 0.498. The number of allylic oxidation sites excluding steroid dienone is 9. The number of benzene rings is 1. The molecule has 0 unspecified atom stereocenters. The highest BCUT2D eigenvalue weighted by Gasteiger charge is 2.17. The summed E-state index contributed by atoms with van der Waals surface area (Å²) in [6.45, 7) is 9.45. The van der Waals surface area contributed by atoms with Crippen molar-refractivity contribution in [1.29, 1.82) is 0 Å². The van der Waals surface area contributed by atoms with Gasteiger partial charge < -0.3 is 0 Å². The van der Waals surface area contributed by atoms with Crippen LogP contribution in [0.25, 0.3) is 16.0 Å². The van der Waals surface area contributed by atoms with Crippen molar-refractivity contribution in [2.24, 2.45) is 0 Å². The van der Waals surface area contributed by atoms with Crippen LogP contribution in [0.2, 0.25) is 0 Å². The van der Waals surface area contributed by atoms with Crippen LogP contribution in [0.5, 0.6) is 0 Å². The lowest BCUT2D eigenvalue weighted by Crippen LogP contribution is -2.18. The zero-order chi connectivity index (χ0) is 20.8. The summed E-state index contributed by atoms with van der Waals surface area (Å²) in [5.41, 5.74) is 3.24. The van der Waals surface area contributed by atoms with Crippen molar-refractivity contribution >= 4 is 42.8 Å². The SMILES string of the molecule is [B]c1cc(-c2ccc(/C(C)=C/C=C(C=C)/C(C)=C/C=C\C)c(F)c2F)sc1[B]. The fraction of sp³-hybridized carbons (Fsp3) is 0.130. The summed E-state index contributed by atoms with van der Waals surface area (Å²) in [5.74, 6) is -1.81. The molecular formula is C23H20B2F2S.